The number of rotatable bonds is 5. The highest BCUT2D eigenvalue weighted by atomic mass is 31.1. The number of hydrogen-bond donors (Lipinski definition) is 0. The van der Waals surface area contributed by atoms with Crippen molar-refractivity contribution in [2.45, 2.75) is 26.2 Å². The van der Waals surface area contributed by atoms with Crippen molar-refractivity contribution in [1.29, 1.82) is 0 Å². The number of benzene rings is 2. The van der Waals surface area contributed by atoms with Gasteiger partial charge in [0.05, 0.1) is 11.1 Å². The van der Waals surface area contributed by atoms with Crippen LogP contribution in [-0.4, -0.2) is 11.9 Å². The van der Waals surface area contributed by atoms with Crippen molar-refractivity contribution in [3.05, 3.63) is 64.7 Å². The van der Waals surface area contributed by atoms with Gasteiger partial charge in [-0.15, -0.1) is 0 Å². The second kappa shape index (κ2) is 8.03. The van der Waals surface area contributed by atoms with Gasteiger partial charge >= 0.3 is 12.4 Å². The van der Waals surface area contributed by atoms with Gasteiger partial charge in [0.2, 0.25) is 0 Å². The maximum atomic E-state index is 13.3. The minimum absolute atomic E-state index is 0.0417. The van der Waals surface area contributed by atoms with Gasteiger partial charge in [0.15, 0.2) is 5.78 Å². The topological polar surface area (TPSA) is 34.1 Å². The molecule has 0 amide bonds. The van der Waals surface area contributed by atoms with Crippen molar-refractivity contribution < 1.29 is 35.7 Å². The van der Waals surface area contributed by atoms with Crippen LogP contribution in [0.4, 0.5) is 26.3 Å². The Kier molecular flexibility index (Phi) is 6.34. The zero-order valence-corrected chi connectivity index (χ0v) is 15.8. The molecule has 0 aliphatic rings. The summed E-state index contributed by atoms with van der Waals surface area (Å²) in [6.45, 7) is 3.52. The standard InChI is InChI=1S/C19H16F6O2P/c1-11(2)10-28(27)15-9-4-3-6-12(15)17(26)16-13(18(20,21)22)7-5-8-14(16)19(23,24)25/h3-9,11H,10H2,1-2H3. The number of alkyl halides is 6. The van der Waals surface area contributed by atoms with Crippen molar-refractivity contribution >= 4 is 18.9 Å². The highest BCUT2D eigenvalue weighted by molar-refractivity contribution is 7.53. The third-order valence-corrected chi connectivity index (χ3v) is 5.84. The van der Waals surface area contributed by atoms with Crippen molar-refractivity contribution in [3.63, 3.8) is 0 Å². The lowest BCUT2D eigenvalue weighted by Gasteiger charge is -2.19. The van der Waals surface area contributed by atoms with Gasteiger partial charge in [-0.1, -0.05) is 32.0 Å². The van der Waals surface area contributed by atoms with Gasteiger partial charge < -0.3 is 0 Å². The first-order chi connectivity index (χ1) is 12.8. The van der Waals surface area contributed by atoms with Crippen LogP contribution in [0, 0.1) is 5.92 Å². The molecule has 1 unspecified atom stereocenters. The first kappa shape index (κ1) is 22.1. The Morgan fingerprint density at radius 2 is 1.39 bits per heavy atom. The largest absolute Gasteiger partial charge is 0.417 e. The summed E-state index contributed by atoms with van der Waals surface area (Å²) in [5.74, 6) is -1.50. The van der Waals surface area contributed by atoms with E-state index < -0.39 is 48.2 Å². The van der Waals surface area contributed by atoms with Gasteiger partial charge in [-0.05, 0) is 30.2 Å². The molecule has 0 bridgehead atoms. The second-order valence-electron chi connectivity index (χ2n) is 6.52. The van der Waals surface area contributed by atoms with E-state index in [0.29, 0.717) is 18.2 Å². The molecule has 0 heterocycles. The Hall–Kier alpha value is -2.21. The average molecular weight is 421 g/mol. The Morgan fingerprint density at radius 3 is 1.86 bits per heavy atom. The molecular weight excluding hydrogens is 405 g/mol. The lowest BCUT2D eigenvalue weighted by Crippen LogP contribution is -2.23. The van der Waals surface area contributed by atoms with Gasteiger partial charge in [0.1, 0.15) is 7.80 Å². The number of halogens is 6. The molecule has 0 aliphatic carbocycles. The van der Waals surface area contributed by atoms with Gasteiger partial charge in [-0.25, -0.2) is 0 Å². The molecule has 2 aromatic carbocycles. The minimum atomic E-state index is -5.17. The van der Waals surface area contributed by atoms with Crippen LogP contribution in [0.2, 0.25) is 0 Å². The molecule has 9 heteroatoms. The number of ketones is 1. The Bertz CT molecular complexity index is 868. The van der Waals surface area contributed by atoms with E-state index in [4.69, 9.17) is 0 Å². The lowest BCUT2D eigenvalue weighted by molar-refractivity contribution is -0.143. The summed E-state index contributed by atoms with van der Waals surface area (Å²) in [5.41, 5.74) is -5.27. The van der Waals surface area contributed by atoms with E-state index >= 15 is 0 Å². The zero-order valence-electron chi connectivity index (χ0n) is 14.9. The van der Waals surface area contributed by atoms with Crippen LogP contribution in [0.3, 0.4) is 0 Å². The Balaban J connectivity index is 2.74. The molecule has 2 nitrogen and oxygen atoms in total. The van der Waals surface area contributed by atoms with E-state index in [2.05, 4.69) is 0 Å². The van der Waals surface area contributed by atoms with Gasteiger partial charge in [-0.3, -0.25) is 9.36 Å². The fourth-order valence-corrected chi connectivity index (χ4v) is 4.27. The summed E-state index contributed by atoms with van der Waals surface area (Å²) >= 11 is 0. The van der Waals surface area contributed by atoms with Crippen LogP contribution in [0.25, 0.3) is 0 Å². The summed E-state index contributed by atoms with van der Waals surface area (Å²) in [6, 6.07) is 6.58. The van der Waals surface area contributed by atoms with Crippen molar-refractivity contribution in [1.82, 2.24) is 0 Å². The molecule has 151 valence electrons. The Morgan fingerprint density at radius 1 is 0.893 bits per heavy atom. The summed E-state index contributed by atoms with van der Waals surface area (Å²) in [4.78, 5) is 12.9. The highest BCUT2D eigenvalue weighted by Gasteiger charge is 2.43. The molecule has 0 fully saturated rings. The van der Waals surface area contributed by atoms with Crippen LogP contribution in [-0.2, 0) is 16.9 Å². The number of carbonyl (C=O) groups is 1. The van der Waals surface area contributed by atoms with Gasteiger partial charge in [0.25, 0.3) is 0 Å². The number of hydrogen-bond acceptors (Lipinski definition) is 2. The molecule has 0 N–H and O–H groups in total. The van der Waals surface area contributed by atoms with Crippen LogP contribution in [0.5, 0.6) is 0 Å². The molecule has 28 heavy (non-hydrogen) atoms. The average Bonchev–Trinajstić information content (AvgIpc) is 2.58. The molecule has 1 atom stereocenters. The summed E-state index contributed by atoms with van der Waals surface area (Å²) in [7, 11) is -2.17. The van der Waals surface area contributed by atoms with Crippen LogP contribution >= 0.6 is 7.80 Å². The molecule has 0 saturated heterocycles. The number of carbonyl (C=O) groups excluding carboxylic acids is 1. The normalized spacial score (nSPS) is 13.0. The van der Waals surface area contributed by atoms with E-state index in [1.165, 1.54) is 18.2 Å². The van der Waals surface area contributed by atoms with Crippen molar-refractivity contribution in [2.75, 3.05) is 6.16 Å². The summed E-state index contributed by atoms with van der Waals surface area (Å²) in [6.07, 6.45) is -10.2. The fraction of sp³-hybridized carbons (Fsp3) is 0.316. The maximum Gasteiger partial charge on any atom is 0.417 e. The fourth-order valence-electron chi connectivity index (χ4n) is 2.72. The van der Waals surface area contributed by atoms with E-state index in [-0.39, 0.29) is 17.4 Å². The molecule has 0 spiro atoms. The maximum absolute atomic E-state index is 13.3. The molecule has 0 saturated carbocycles. The monoisotopic (exact) mass is 421 g/mol. The van der Waals surface area contributed by atoms with E-state index in [1.807, 2.05) is 0 Å². The van der Waals surface area contributed by atoms with Crippen LogP contribution < -0.4 is 5.30 Å². The highest BCUT2D eigenvalue weighted by Crippen LogP contribution is 2.40. The summed E-state index contributed by atoms with van der Waals surface area (Å²) < 4.78 is 92.6. The molecular formula is C19H16F6O2P. The molecule has 2 rings (SSSR count). The van der Waals surface area contributed by atoms with E-state index in [1.54, 1.807) is 13.8 Å². The van der Waals surface area contributed by atoms with Gasteiger partial charge in [-0.2, -0.15) is 26.3 Å². The zero-order chi connectivity index (χ0) is 21.3. The second-order valence-corrected chi connectivity index (χ2v) is 8.13. The predicted octanol–water partition coefficient (Wildman–Crippen LogP) is 6.06. The smallest absolute Gasteiger partial charge is 0.289 e. The minimum Gasteiger partial charge on any atom is -0.289 e. The van der Waals surface area contributed by atoms with E-state index in [0.717, 1.165) is 6.07 Å². The third-order valence-electron chi connectivity index (χ3n) is 3.85. The van der Waals surface area contributed by atoms with E-state index in [9.17, 15) is 35.7 Å². The first-order valence-corrected chi connectivity index (χ1v) is 9.64. The molecule has 0 aliphatic heterocycles. The predicted molar refractivity (Wildman–Crippen MR) is 93.3 cm³/mol. The van der Waals surface area contributed by atoms with Crippen molar-refractivity contribution in [3.8, 4) is 0 Å². The molecule has 2 aromatic rings. The quantitative estimate of drug-likeness (QED) is 0.334. The van der Waals surface area contributed by atoms with Crippen LogP contribution in [0.1, 0.15) is 40.9 Å². The molecule has 1 radical (unpaired) electrons. The lowest BCUT2D eigenvalue weighted by atomic mass is 9.92. The van der Waals surface area contributed by atoms with Crippen molar-refractivity contribution in [2.24, 2.45) is 5.92 Å². The Labute approximate surface area is 158 Å². The van der Waals surface area contributed by atoms with Crippen LogP contribution in [0.15, 0.2) is 42.5 Å². The first-order valence-electron chi connectivity index (χ1n) is 8.19. The van der Waals surface area contributed by atoms with Gasteiger partial charge in [0, 0.05) is 22.6 Å². The molecule has 0 aromatic heterocycles. The SMILES string of the molecule is CC(C)C[P](=O)c1ccccc1C(=O)c1c(C(F)(F)F)cccc1C(F)(F)F. The third kappa shape index (κ3) is 4.79. The summed E-state index contributed by atoms with van der Waals surface area (Å²) in [5, 5.41) is -0.0543.